The maximum Gasteiger partial charge on any atom is 0.252 e. The molecule has 0 fully saturated rings. The van der Waals surface area contributed by atoms with Crippen molar-refractivity contribution < 1.29 is 0 Å². The molecule has 0 N–H and O–H groups in total. The molecular formula is C110H75BN4. The normalized spacial score (nSPS) is 12.6. The Hall–Kier alpha value is -14.5. The van der Waals surface area contributed by atoms with Crippen LogP contribution in [0.3, 0.4) is 0 Å². The highest BCUT2D eigenvalue weighted by molar-refractivity contribution is 7.00. The van der Waals surface area contributed by atoms with Crippen molar-refractivity contribution in [2.75, 3.05) is 9.80 Å². The van der Waals surface area contributed by atoms with E-state index < -0.39 is 0 Å². The van der Waals surface area contributed by atoms with Gasteiger partial charge in [-0.15, -0.1) is 0 Å². The molecule has 0 unspecified atom stereocenters. The van der Waals surface area contributed by atoms with Gasteiger partial charge in [-0.05, 0) is 224 Å². The third kappa shape index (κ3) is 10.7. The topological polar surface area (TPSA) is 16.3 Å². The van der Waals surface area contributed by atoms with Gasteiger partial charge in [0.25, 0.3) is 6.71 Å². The highest BCUT2D eigenvalue weighted by Gasteiger charge is 2.47. The smallest absolute Gasteiger partial charge is 0.252 e. The van der Waals surface area contributed by atoms with E-state index in [9.17, 15) is 0 Å². The largest absolute Gasteiger partial charge is 0.310 e. The lowest BCUT2D eigenvalue weighted by atomic mass is 9.33. The average molecular weight is 1460 g/mol. The maximum absolute atomic E-state index is 2.74. The fraction of sp³-hybridized carbons (Fsp3) is 0.0364. The highest BCUT2D eigenvalue weighted by Crippen LogP contribution is 2.56. The molecule has 23 rings (SSSR count). The van der Waals surface area contributed by atoms with Crippen LogP contribution >= 0.6 is 0 Å². The number of hydrogen-bond acceptors (Lipinski definition) is 2. The van der Waals surface area contributed by atoms with Gasteiger partial charge in [0.2, 0.25) is 0 Å². The van der Waals surface area contributed by atoms with Crippen molar-refractivity contribution in [3.8, 4) is 78.1 Å². The predicted octanol–water partition coefficient (Wildman–Crippen LogP) is 27.9. The van der Waals surface area contributed by atoms with E-state index in [-0.39, 0.29) is 12.1 Å². The van der Waals surface area contributed by atoms with Crippen LogP contribution in [-0.2, 0) is 5.41 Å². The summed E-state index contributed by atoms with van der Waals surface area (Å²) in [4.78, 5) is 5.47. The molecule has 0 radical (unpaired) electrons. The zero-order chi connectivity index (χ0) is 76.1. The van der Waals surface area contributed by atoms with E-state index in [1.165, 1.54) is 86.6 Å². The maximum atomic E-state index is 2.74. The van der Waals surface area contributed by atoms with Crippen molar-refractivity contribution in [2.24, 2.45) is 0 Å². The molecule has 115 heavy (non-hydrogen) atoms. The van der Waals surface area contributed by atoms with Gasteiger partial charge in [-0.2, -0.15) is 0 Å². The highest BCUT2D eigenvalue weighted by atomic mass is 15.2. The fourth-order valence-corrected chi connectivity index (χ4v) is 19.2. The Balaban J connectivity index is 0.899. The van der Waals surface area contributed by atoms with Gasteiger partial charge in [0, 0.05) is 77.9 Å². The van der Waals surface area contributed by atoms with Gasteiger partial charge >= 0.3 is 0 Å². The van der Waals surface area contributed by atoms with Crippen molar-refractivity contribution >= 4 is 144 Å². The lowest BCUT2D eigenvalue weighted by molar-refractivity contribution is 0.590. The minimum Gasteiger partial charge on any atom is -0.310 e. The molecule has 0 atom stereocenters. The molecule has 0 saturated heterocycles. The molecule has 5 heteroatoms. The number of rotatable bonds is 10. The number of nitrogens with zero attached hydrogens (tertiary/aromatic N) is 4. The van der Waals surface area contributed by atoms with Crippen molar-refractivity contribution in [1.29, 1.82) is 0 Å². The summed E-state index contributed by atoms with van der Waals surface area (Å²) in [7, 11) is 0. The number of hydrogen-bond donors (Lipinski definition) is 0. The Labute approximate surface area is 668 Å². The summed E-state index contributed by atoms with van der Waals surface area (Å²) < 4.78 is 5.14. The zero-order valence-corrected chi connectivity index (χ0v) is 64.0. The molecule has 0 aliphatic carbocycles. The van der Waals surface area contributed by atoms with Crippen LogP contribution < -0.4 is 26.2 Å². The van der Waals surface area contributed by atoms with E-state index in [0.29, 0.717) is 0 Å². The van der Waals surface area contributed by atoms with E-state index >= 15 is 0 Å². The standard InChI is InChI=1S/C110H75BN4/c1-110(2,3)86-66-105-107-106(67-86)115(109-91(74-38-18-8-19-39-74)60-85(71-32-12-5-13-33-71)61-92(109)75-40-20-9-21-41-75)104-69-88(113-101-64-82-48-28-24-44-78(82)56-95(101)96-57-79-45-25-29-49-83(79)65-102(96)113)51-53-98(104)111(107)97-52-50-87(112-99-62-80-46-26-22-42-76(80)54-93(99)94-55-77-43-23-27-47-81(77)63-100(94)112)68-103(97)114(105)108-89(72-34-14-6-15-35-72)58-84(70-30-10-4-11-31-70)59-90(108)73-36-16-7-17-37-73/h4-69H,1-3H3. The first-order valence-corrected chi connectivity index (χ1v) is 40.1. The van der Waals surface area contributed by atoms with E-state index in [1.807, 2.05) is 0 Å². The fourth-order valence-electron chi connectivity index (χ4n) is 19.2. The lowest BCUT2D eigenvalue weighted by Crippen LogP contribution is -2.61. The molecule has 19 aromatic carbocycles. The summed E-state index contributed by atoms with van der Waals surface area (Å²) >= 11 is 0. The van der Waals surface area contributed by atoms with E-state index in [0.717, 1.165) is 134 Å². The van der Waals surface area contributed by atoms with Gasteiger partial charge in [-0.3, -0.25) is 0 Å². The molecule has 21 aromatic rings. The van der Waals surface area contributed by atoms with Crippen LogP contribution in [0.25, 0.3) is 165 Å². The molecule has 0 saturated carbocycles. The third-order valence-corrected chi connectivity index (χ3v) is 24.6. The molecular weight excluding hydrogens is 1390 g/mol. The zero-order valence-electron chi connectivity index (χ0n) is 64.0. The second kappa shape index (κ2) is 26.0. The second-order valence-corrected chi connectivity index (χ2v) is 32.3. The van der Waals surface area contributed by atoms with Gasteiger partial charge in [-0.25, -0.2) is 0 Å². The average Bonchev–Trinajstić information content (AvgIpc) is 0.997. The Morgan fingerprint density at radius 2 is 0.470 bits per heavy atom. The van der Waals surface area contributed by atoms with E-state index in [2.05, 4.69) is 440 Å². The molecule has 0 amide bonds. The van der Waals surface area contributed by atoms with Crippen LogP contribution in [0.1, 0.15) is 26.3 Å². The quantitative estimate of drug-likeness (QED) is 0.127. The van der Waals surface area contributed by atoms with Gasteiger partial charge in [0.05, 0.1) is 33.4 Å². The Morgan fingerprint density at radius 1 is 0.217 bits per heavy atom. The number of aromatic nitrogens is 2. The molecule has 0 bridgehead atoms. The molecule has 4 nitrogen and oxygen atoms in total. The van der Waals surface area contributed by atoms with Crippen LogP contribution in [0.4, 0.5) is 34.1 Å². The van der Waals surface area contributed by atoms with Gasteiger partial charge in [0.1, 0.15) is 0 Å². The summed E-state index contributed by atoms with van der Waals surface area (Å²) in [5, 5.41) is 14.5. The van der Waals surface area contributed by atoms with Crippen LogP contribution in [-0.4, -0.2) is 15.8 Å². The molecule has 2 aromatic heterocycles. The van der Waals surface area contributed by atoms with E-state index in [4.69, 9.17) is 0 Å². The van der Waals surface area contributed by atoms with Crippen molar-refractivity contribution in [2.45, 2.75) is 26.2 Å². The van der Waals surface area contributed by atoms with E-state index in [1.54, 1.807) is 0 Å². The van der Waals surface area contributed by atoms with Crippen molar-refractivity contribution in [3.05, 3.63) is 406 Å². The summed E-state index contributed by atoms with van der Waals surface area (Å²) in [6.45, 7) is 6.91. The Bertz CT molecular complexity index is 6800. The number of anilines is 6. The Kier molecular flexibility index (Phi) is 15.0. The monoisotopic (exact) mass is 1460 g/mol. The first kappa shape index (κ1) is 66.3. The van der Waals surface area contributed by atoms with Crippen LogP contribution in [0, 0.1) is 0 Å². The molecule has 4 heterocycles. The third-order valence-electron chi connectivity index (χ3n) is 24.6. The second-order valence-electron chi connectivity index (χ2n) is 32.3. The van der Waals surface area contributed by atoms with Crippen molar-refractivity contribution in [3.63, 3.8) is 0 Å². The minimum absolute atomic E-state index is 0.301. The number of benzene rings is 19. The SMILES string of the molecule is CC(C)(C)c1cc2c3c(c1)N(c1c(-c4ccccc4)cc(-c4ccccc4)cc1-c1ccccc1)c1cc(-n4c5cc6ccccc6cc5c5cc6ccccc6cc54)ccc1B3c1ccc(-n3c4cc5ccccc5cc4c4cc5ccccc5cc43)cc1N2c1c(-c2ccccc2)cc(-c2ccccc2)cc1-c1ccccc1. The van der Waals surface area contributed by atoms with Crippen LogP contribution in [0.2, 0.25) is 0 Å². The first-order chi connectivity index (χ1) is 56.7. The summed E-state index contributed by atoms with van der Waals surface area (Å²) in [6, 6.07) is 152. The van der Waals surface area contributed by atoms with Crippen molar-refractivity contribution in [1.82, 2.24) is 9.13 Å². The summed E-state index contributed by atoms with van der Waals surface area (Å²) in [5.74, 6) is 0. The summed E-state index contributed by atoms with van der Waals surface area (Å²) in [6.07, 6.45) is 0. The lowest BCUT2D eigenvalue weighted by Gasteiger charge is -2.46. The van der Waals surface area contributed by atoms with Gasteiger partial charge in [0.15, 0.2) is 0 Å². The predicted molar refractivity (Wildman–Crippen MR) is 490 cm³/mol. The first-order valence-electron chi connectivity index (χ1n) is 40.1. The Morgan fingerprint density at radius 3 is 0.739 bits per heavy atom. The molecule has 2 aliphatic heterocycles. The summed E-state index contributed by atoms with van der Waals surface area (Å²) in [5.41, 5.74) is 31.5. The molecule has 538 valence electrons. The minimum atomic E-state index is -0.380. The number of fused-ring (bicyclic) bond motifs is 14. The van der Waals surface area contributed by atoms with Gasteiger partial charge < -0.3 is 18.9 Å². The van der Waals surface area contributed by atoms with Gasteiger partial charge in [-0.1, -0.05) is 312 Å². The van der Waals surface area contributed by atoms with Crippen LogP contribution in [0.15, 0.2) is 400 Å². The van der Waals surface area contributed by atoms with Crippen LogP contribution in [0.5, 0.6) is 0 Å². The molecule has 2 aliphatic rings. The molecule has 0 spiro atoms.